The molecule has 0 aliphatic heterocycles. The summed E-state index contributed by atoms with van der Waals surface area (Å²) in [5.41, 5.74) is 7.29. The standard InChI is InChI=1S/C19H19N3O4.BrH/c1-19(2,3)26-18(25)13-8-5-9-22-15(20)14(21-16(13)22)11-6-4-7-12(10-11)17(23)24;/h4-10H,20H2,1-3H3,(H,23,24);1H. The van der Waals surface area contributed by atoms with Crippen LogP contribution in [0.4, 0.5) is 5.82 Å². The fraction of sp³-hybridized carbons (Fsp3) is 0.211. The molecule has 0 fully saturated rings. The first kappa shape index (κ1) is 20.4. The average Bonchev–Trinajstić information content (AvgIpc) is 2.90. The zero-order chi connectivity index (χ0) is 19.1. The molecule has 3 aromatic rings. The van der Waals surface area contributed by atoms with Gasteiger partial charge in [-0.25, -0.2) is 14.6 Å². The molecule has 0 atom stereocenters. The van der Waals surface area contributed by atoms with E-state index in [4.69, 9.17) is 10.5 Å². The fourth-order valence-electron chi connectivity index (χ4n) is 2.59. The van der Waals surface area contributed by atoms with Gasteiger partial charge in [-0.1, -0.05) is 12.1 Å². The summed E-state index contributed by atoms with van der Waals surface area (Å²) in [6, 6.07) is 9.63. The molecule has 2 heterocycles. The molecule has 0 radical (unpaired) electrons. The van der Waals surface area contributed by atoms with Crippen molar-refractivity contribution in [2.75, 3.05) is 5.73 Å². The third kappa shape index (κ3) is 4.11. The van der Waals surface area contributed by atoms with Gasteiger partial charge in [-0.2, -0.15) is 0 Å². The van der Waals surface area contributed by atoms with Crippen LogP contribution in [0.25, 0.3) is 16.9 Å². The molecule has 7 nitrogen and oxygen atoms in total. The molecule has 3 rings (SSSR count). The quantitative estimate of drug-likeness (QED) is 0.607. The average molecular weight is 434 g/mol. The summed E-state index contributed by atoms with van der Waals surface area (Å²) < 4.78 is 7.01. The van der Waals surface area contributed by atoms with Crippen molar-refractivity contribution in [2.45, 2.75) is 26.4 Å². The molecule has 0 saturated carbocycles. The molecule has 0 aliphatic carbocycles. The smallest absolute Gasteiger partial charge is 0.342 e. The maximum atomic E-state index is 12.5. The Labute approximate surface area is 166 Å². The second-order valence-corrected chi connectivity index (χ2v) is 6.85. The number of halogens is 1. The highest BCUT2D eigenvalue weighted by Crippen LogP contribution is 2.29. The number of hydrogen-bond acceptors (Lipinski definition) is 5. The number of nitrogens with two attached hydrogens (primary N) is 1. The molecule has 8 heteroatoms. The highest BCUT2D eigenvalue weighted by atomic mass is 79.9. The first-order valence-corrected chi connectivity index (χ1v) is 8.01. The van der Waals surface area contributed by atoms with E-state index in [0.29, 0.717) is 22.7 Å². The molecule has 0 unspecified atom stereocenters. The molecule has 0 amide bonds. The van der Waals surface area contributed by atoms with Crippen LogP contribution in [0.5, 0.6) is 0 Å². The topological polar surface area (TPSA) is 107 Å². The van der Waals surface area contributed by atoms with Gasteiger partial charge in [0.05, 0.1) is 5.56 Å². The molecule has 2 aromatic heterocycles. The van der Waals surface area contributed by atoms with Crippen LogP contribution in [-0.2, 0) is 4.74 Å². The van der Waals surface area contributed by atoms with Crippen LogP contribution in [0.15, 0.2) is 42.6 Å². The normalized spacial score (nSPS) is 11.1. The summed E-state index contributed by atoms with van der Waals surface area (Å²) in [4.78, 5) is 28.2. The van der Waals surface area contributed by atoms with Crippen LogP contribution in [0.1, 0.15) is 41.5 Å². The van der Waals surface area contributed by atoms with Crippen molar-refractivity contribution in [3.8, 4) is 11.3 Å². The lowest BCUT2D eigenvalue weighted by atomic mass is 10.1. The van der Waals surface area contributed by atoms with Crippen molar-refractivity contribution < 1.29 is 19.4 Å². The first-order chi connectivity index (χ1) is 12.2. The molecule has 0 spiro atoms. The second-order valence-electron chi connectivity index (χ2n) is 6.85. The van der Waals surface area contributed by atoms with E-state index in [1.807, 2.05) is 0 Å². The number of carboxylic acid groups (broad SMARTS) is 1. The van der Waals surface area contributed by atoms with Crippen LogP contribution >= 0.6 is 17.0 Å². The van der Waals surface area contributed by atoms with Gasteiger partial charge in [0, 0.05) is 11.8 Å². The summed E-state index contributed by atoms with van der Waals surface area (Å²) in [6.45, 7) is 5.36. The Morgan fingerprint density at radius 2 is 1.89 bits per heavy atom. The molecule has 0 saturated heterocycles. The predicted molar refractivity (Wildman–Crippen MR) is 107 cm³/mol. The summed E-state index contributed by atoms with van der Waals surface area (Å²) in [6.07, 6.45) is 1.69. The Kier molecular flexibility index (Phi) is 5.60. The second kappa shape index (κ2) is 7.40. The number of nitrogens with zero attached hydrogens (tertiary/aromatic N) is 2. The van der Waals surface area contributed by atoms with Crippen molar-refractivity contribution in [3.63, 3.8) is 0 Å². The number of imidazole rings is 1. The molecular formula is C19H20BrN3O4. The largest absolute Gasteiger partial charge is 0.478 e. The SMILES string of the molecule is Br.CC(C)(C)OC(=O)c1cccn2c(N)c(-c3cccc(C(=O)O)c3)nc12. The third-order valence-electron chi connectivity index (χ3n) is 3.69. The van der Waals surface area contributed by atoms with Crippen LogP contribution in [0.2, 0.25) is 0 Å². The monoisotopic (exact) mass is 433 g/mol. The van der Waals surface area contributed by atoms with Gasteiger partial charge in [-0.05, 0) is 45.0 Å². The molecule has 1 aromatic carbocycles. The Balaban J connectivity index is 0.00000261. The van der Waals surface area contributed by atoms with Gasteiger partial charge in [0.15, 0.2) is 5.65 Å². The number of nitrogen functional groups attached to an aromatic ring is 1. The van der Waals surface area contributed by atoms with Crippen molar-refractivity contribution >= 4 is 40.4 Å². The van der Waals surface area contributed by atoms with E-state index < -0.39 is 17.5 Å². The van der Waals surface area contributed by atoms with Crippen LogP contribution in [-0.4, -0.2) is 32.0 Å². The maximum Gasteiger partial charge on any atom is 0.342 e. The lowest BCUT2D eigenvalue weighted by molar-refractivity contribution is 0.00710. The Bertz CT molecular complexity index is 1020. The number of hydrogen-bond donors (Lipinski definition) is 2. The van der Waals surface area contributed by atoms with Gasteiger partial charge in [0.1, 0.15) is 22.7 Å². The highest BCUT2D eigenvalue weighted by molar-refractivity contribution is 8.93. The van der Waals surface area contributed by atoms with E-state index >= 15 is 0 Å². The number of carbonyl (C=O) groups excluding carboxylic acids is 1. The Hall–Kier alpha value is -2.87. The van der Waals surface area contributed by atoms with Crippen molar-refractivity contribution in [1.29, 1.82) is 0 Å². The number of esters is 1. The third-order valence-corrected chi connectivity index (χ3v) is 3.69. The predicted octanol–water partition coefficient (Wildman–Crippen LogP) is 3.81. The number of aromatic nitrogens is 2. The molecule has 27 heavy (non-hydrogen) atoms. The van der Waals surface area contributed by atoms with Gasteiger partial charge in [0.2, 0.25) is 0 Å². The minimum atomic E-state index is -1.04. The van der Waals surface area contributed by atoms with E-state index in [-0.39, 0.29) is 28.1 Å². The van der Waals surface area contributed by atoms with Crippen molar-refractivity contribution in [3.05, 3.63) is 53.7 Å². The van der Waals surface area contributed by atoms with Crippen LogP contribution in [0.3, 0.4) is 0 Å². The van der Waals surface area contributed by atoms with Gasteiger partial charge in [-0.3, -0.25) is 4.40 Å². The van der Waals surface area contributed by atoms with E-state index in [1.54, 1.807) is 55.6 Å². The van der Waals surface area contributed by atoms with Gasteiger partial charge in [-0.15, -0.1) is 17.0 Å². The van der Waals surface area contributed by atoms with Crippen molar-refractivity contribution in [2.24, 2.45) is 0 Å². The lowest BCUT2D eigenvalue weighted by Crippen LogP contribution is -2.24. The molecular weight excluding hydrogens is 414 g/mol. The number of carbonyl (C=O) groups is 2. The number of carboxylic acids is 1. The fourth-order valence-corrected chi connectivity index (χ4v) is 2.59. The summed E-state index contributed by atoms with van der Waals surface area (Å²) in [7, 11) is 0. The van der Waals surface area contributed by atoms with E-state index in [1.165, 1.54) is 12.1 Å². The zero-order valence-corrected chi connectivity index (χ0v) is 16.8. The summed E-state index contributed by atoms with van der Waals surface area (Å²) in [5.74, 6) is -1.23. The number of anilines is 1. The number of ether oxygens (including phenoxy) is 1. The number of pyridine rings is 1. The Morgan fingerprint density at radius 3 is 2.52 bits per heavy atom. The highest BCUT2D eigenvalue weighted by Gasteiger charge is 2.23. The lowest BCUT2D eigenvalue weighted by Gasteiger charge is -2.19. The van der Waals surface area contributed by atoms with Crippen molar-refractivity contribution in [1.82, 2.24) is 9.38 Å². The summed E-state index contributed by atoms with van der Waals surface area (Å²) >= 11 is 0. The maximum absolute atomic E-state index is 12.5. The van der Waals surface area contributed by atoms with Gasteiger partial charge < -0.3 is 15.6 Å². The summed E-state index contributed by atoms with van der Waals surface area (Å²) in [5, 5.41) is 9.17. The number of rotatable bonds is 3. The number of fused-ring (bicyclic) bond motifs is 1. The molecule has 3 N–H and O–H groups in total. The number of benzene rings is 1. The van der Waals surface area contributed by atoms with E-state index in [9.17, 15) is 14.7 Å². The Morgan fingerprint density at radius 1 is 1.19 bits per heavy atom. The molecule has 0 bridgehead atoms. The number of aromatic carboxylic acids is 1. The zero-order valence-electron chi connectivity index (χ0n) is 15.1. The van der Waals surface area contributed by atoms with Gasteiger partial charge >= 0.3 is 11.9 Å². The molecule has 0 aliphatic rings. The van der Waals surface area contributed by atoms with E-state index in [2.05, 4.69) is 4.98 Å². The minimum absolute atomic E-state index is 0. The first-order valence-electron chi connectivity index (χ1n) is 8.01. The minimum Gasteiger partial charge on any atom is -0.478 e. The van der Waals surface area contributed by atoms with Crippen LogP contribution < -0.4 is 5.73 Å². The van der Waals surface area contributed by atoms with Gasteiger partial charge in [0.25, 0.3) is 0 Å². The van der Waals surface area contributed by atoms with Crippen LogP contribution in [0, 0.1) is 0 Å². The molecule has 142 valence electrons. The van der Waals surface area contributed by atoms with E-state index in [0.717, 1.165) is 0 Å².